The molecule has 0 amide bonds. The Morgan fingerprint density at radius 2 is 1.86 bits per heavy atom. The lowest BCUT2D eigenvalue weighted by atomic mass is 10.0. The number of hydrogen-bond acceptors (Lipinski definition) is 3. The summed E-state index contributed by atoms with van der Waals surface area (Å²) in [6.45, 7) is 0. The first kappa shape index (κ1) is 13.0. The Kier molecular flexibility index (Phi) is 5.99. The minimum Gasteiger partial charge on any atom is -0.481 e. The van der Waals surface area contributed by atoms with Gasteiger partial charge in [-0.1, -0.05) is 0 Å². The van der Waals surface area contributed by atoms with Crippen LogP contribution in [0.2, 0.25) is 0 Å². The maximum absolute atomic E-state index is 10.5. The summed E-state index contributed by atoms with van der Waals surface area (Å²) in [6, 6.07) is 0. The molecule has 0 aliphatic carbocycles. The van der Waals surface area contributed by atoms with Crippen LogP contribution < -0.4 is 0 Å². The van der Waals surface area contributed by atoms with Gasteiger partial charge >= 0.3 is 20.0 Å². The summed E-state index contributed by atoms with van der Waals surface area (Å²) < 4.78 is 10.3. The maximum atomic E-state index is 10.5. The average Bonchev–Trinajstić information content (AvgIpc) is 2.00. The Hall–Kier alpha value is -1.00. The van der Waals surface area contributed by atoms with Gasteiger partial charge in [-0.25, -0.2) is 0 Å². The molecule has 7 heteroatoms. The quantitative estimate of drug-likeness (QED) is 0.547. The maximum Gasteiger partial charge on any atom is 0.505 e. The van der Waals surface area contributed by atoms with E-state index in [2.05, 4.69) is 0 Å². The van der Waals surface area contributed by atoms with Crippen molar-refractivity contribution in [1.29, 1.82) is 0 Å². The molecular formula is C7H12O6P+. The fourth-order valence-corrected chi connectivity index (χ4v) is 1.45. The zero-order valence-electron chi connectivity index (χ0n) is 7.42. The smallest absolute Gasteiger partial charge is 0.481 e. The number of aliphatic carboxylic acids is 2. The molecule has 6 nitrogen and oxygen atoms in total. The molecule has 0 aromatic heterocycles. The van der Waals surface area contributed by atoms with Crippen LogP contribution in [0, 0.1) is 5.92 Å². The topological polar surface area (TPSA) is 112 Å². The van der Waals surface area contributed by atoms with Gasteiger partial charge < -0.3 is 10.2 Å². The molecule has 0 saturated heterocycles. The summed E-state index contributed by atoms with van der Waals surface area (Å²) in [6.07, 6.45) is -0.0739. The van der Waals surface area contributed by atoms with E-state index in [1.165, 1.54) is 0 Å². The number of carbonyl (C=O) groups is 2. The van der Waals surface area contributed by atoms with Crippen molar-refractivity contribution in [3.05, 3.63) is 0 Å². The van der Waals surface area contributed by atoms with E-state index in [1.54, 1.807) is 0 Å². The van der Waals surface area contributed by atoms with E-state index in [4.69, 9.17) is 15.1 Å². The number of carboxylic acid groups (broad SMARTS) is 2. The minimum atomic E-state index is -2.26. The van der Waals surface area contributed by atoms with Crippen LogP contribution in [0.1, 0.15) is 19.3 Å². The molecule has 0 aromatic carbocycles. The molecule has 2 atom stereocenters. The fourth-order valence-electron chi connectivity index (χ4n) is 0.997. The SMILES string of the molecule is O=C(O)CC(CCC[P+](=O)O)C(=O)O. The van der Waals surface area contributed by atoms with Crippen molar-refractivity contribution in [3.8, 4) is 0 Å². The molecule has 3 N–H and O–H groups in total. The van der Waals surface area contributed by atoms with Crippen LogP contribution in [0.15, 0.2) is 0 Å². The molecule has 0 aliphatic heterocycles. The van der Waals surface area contributed by atoms with Crippen LogP contribution in [0.4, 0.5) is 0 Å². The summed E-state index contributed by atoms with van der Waals surface area (Å²) >= 11 is 0. The van der Waals surface area contributed by atoms with E-state index >= 15 is 0 Å². The van der Waals surface area contributed by atoms with Crippen molar-refractivity contribution in [2.24, 2.45) is 5.92 Å². The van der Waals surface area contributed by atoms with Crippen molar-refractivity contribution in [2.75, 3.05) is 6.16 Å². The lowest BCUT2D eigenvalue weighted by Gasteiger charge is -2.06. The molecule has 2 unspecified atom stereocenters. The van der Waals surface area contributed by atoms with E-state index in [0.717, 1.165) is 0 Å². The van der Waals surface area contributed by atoms with Crippen LogP contribution in [-0.4, -0.2) is 33.2 Å². The van der Waals surface area contributed by atoms with Crippen LogP contribution >= 0.6 is 8.03 Å². The second kappa shape index (κ2) is 6.45. The van der Waals surface area contributed by atoms with Gasteiger partial charge in [0.05, 0.1) is 12.3 Å². The number of rotatable bonds is 7. The fraction of sp³-hybridized carbons (Fsp3) is 0.714. The monoisotopic (exact) mass is 223 g/mol. The van der Waals surface area contributed by atoms with Gasteiger partial charge in [0.1, 0.15) is 0 Å². The van der Waals surface area contributed by atoms with Gasteiger partial charge in [-0.2, -0.15) is 4.89 Å². The highest BCUT2D eigenvalue weighted by atomic mass is 31.1. The van der Waals surface area contributed by atoms with E-state index in [0.29, 0.717) is 0 Å². The number of hydrogen-bond donors (Lipinski definition) is 3. The summed E-state index contributed by atoms with van der Waals surface area (Å²) in [4.78, 5) is 29.2. The molecule has 0 aliphatic rings. The third-order valence-corrected chi connectivity index (χ3v) is 2.37. The van der Waals surface area contributed by atoms with Crippen molar-refractivity contribution < 1.29 is 29.3 Å². The zero-order valence-corrected chi connectivity index (χ0v) is 8.31. The first-order valence-electron chi connectivity index (χ1n) is 4.01. The van der Waals surface area contributed by atoms with Crippen molar-refractivity contribution in [3.63, 3.8) is 0 Å². The van der Waals surface area contributed by atoms with Crippen molar-refractivity contribution in [1.82, 2.24) is 0 Å². The Bertz CT molecular complexity index is 238. The van der Waals surface area contributed by atoms with E-state index in [1.807, 2.05) is 0 Å². The van der Waals surface area contributed by atoms with Gasteiger partial charge in [0.15, 0.2) is 6.16 Å². The van der Waals surface area contributed by atoms with Gasteiger partial charge in [-0.05, 0) is 17.4 Å². The van der Waals surface area contributed by atoms with Gasteiger partial charge in [0.2, 0.25) is 0 Å². The van der Waals surface area contributed by atoms with Gasteiger partial charge in [0.25, 0.3) is 0 Å². The number of carboxylic acids is 2. The summed E-state index contributed by atoms with van der Waals surface area (Å²) in [5.74, 6) is -3.33. The Labute approximate surface area is 81.4 Å². The van der Waals surface area contributed by atoms with Gasteiger partial charge in [0, 0.05) is 0 Å². The minimum absolute atomic E-state index is 0.0126. The highest BCUT2D eigenvalue weighted by Crippen LogP contribution is 2.19. The Balaban J connectivity index is 3.91. The highest BCUT2D eigenvalue weighted by molar-refractivity contribution is 7.37. The highest BCUT2D eigenvalue weighted by Gasteiger charge is 2.22. The van der Waals surface area contributed by atoms with Crippen molar-refractivity contribution in [2.45, 2.75) is 19.3 Å². The van der Waals surface area contributed by atoms with E-state index in [-0.39, 0.29) is 19.0 Å². The third-order valence-electron chi connectivity index (χ3n) is 1.67. The molecule has 0 bridgehead atoms. The molecule has 0 rings (SSSR count). The average molecular weight is 223 g/mol. The molecule has 0 radical (unpaired) electrons. The normalized spacial score (nSPS) is 13.4. The summed E-state index contributed by atoms with van der Waals surface area (Å²) in [7, 11) is -2.26. The van der Waals surface area contributed by atoms with Crippen molar-refractivity contribution >= 4 is 20.0 Å². The van der Waals surface area contributed by atoms with Crippen LogP contribution in [0.3, 0.4) is 0 Å². The van der Waals surface area contributed by atoms with Gasteiger partial charge in [-0.3, -0.25) is 9.59 Å². The van der Waals surface area contributed by atoms with Gasteiger partial charge in [-0.15, -0.1) is 0 Å². The van der Waals surface area contributed by atoms with Crippen LogP contribution in [-0.2, 0) is 14.2 Å². The van der Waals surface area contributed by atoms with Crippen LogP contribution in [0.5, 0.6) is 0 Å². The second-order valence-electron chi connectivity index (χ2n) is 2.85. The Morgan fingerprint density at radius 3 is 2.21 bits per heavy atom. The first-order valence-corrected chi connectivity index (χ1v) is 5.41. The molecule has 0 saturated carbocycles. The molecular weight excluding hydrogens is 211 g/mol. The standard InChI is InChI=1S/C7H11O6P/c8-6(9)4-5(7(10)11)2-1-3-14(12)13/h5H,1-4H2,(H2-,8,9,10,11,12,13)/p+1. The molecule has 0 fully saturated rings. The predicted molar refractivity (Wildman–Crippen MR) is 47.3 cm³/mol. The molecule has 14 heavy (non-hydrogen) atoms. The molecule has 0 spiro atoms. The lowest BCUT2D eigenvalue weighted by Crippen LogP contribution is -2.17. The van der Waals surface area contributed by atoms with E-state index < -0.39 is 32.3 Å². The van der Waals surface area contributed by atoms with Crippen LogP contribution in [0.25, 0.3) is 0 Å². The largest absolute Gasteiger partial charge is 0.505 e. The zero-order chi connectivity index (χ0) is 11.1. The summed E-state index contributed by atoms with van der Waals surface area (Å²) in [5, 5.41) is 17.0. The van der Waals surface area contributed by atoms with E-state index in [9.17, 15) is 14.2 Å². The lowest BCUT2D eigenvalue weighted by molar-refractivity contribution is -0.148. The summed E-state index contributed by atoms with van der Waals surface area (Å²) in [5.41, 5.74) is 0. The third kappa shape index (κ3) is 6.51. The molecule has 0 heterocycles. The Morgan fingerprint density at radius 1 is 1.29 bits per heavy atom. The molecule has 0 aromatic rings. The molecule has 80 valence electrons. The second-order valence-corrected chi connectivity index (χ2v) is 4.00. The first-order chi connectivity index (χ1) is 6.43. The predicted octanol–water partition coefficient (Wildman–Crippen LogP) is 0.677.